The van der Waals surface area contributed by atoms with E-state index in [-0.39, 0.29) is 17.8 Å². The van der Waals surface area contributed by atoms with E-state index in [1.165, 1.54) is 0 Å². The molecule has 0 radical (unpaired) electrons. The summed E-state index contributed by atoms with van der Waals surface area (Å²) in [5.41, 5.74) is 1.77. The van der Waals surface area contributed by atoms with Crippen LogP contribution in [0.1, 0.15) is 30.3 Å². The number of pyridine rings is 1. The monoisotopic (exact) mass is 288 g/mol. The molecule has 1 aromatic heterocycles. The van der Waals surface area contributed by atoms with Crippen LogP contribution in [0.2, 0.25) is 0 Å². The number of aromatic nitrogens is 1. The van der Waals surface area contributed by atoms with Crippen molar-refractivity contribution in [2.24, 2.45) is 0 Å². The van der Waals surface area contributed by atoms with Crippen molar-refractivity contribution in [1.82, 2.24) is 10.3 Å². The molecule has 0 spiro atoms. The Morgan fingerprint density at radius 3 is 2.70 bits per heavy atom. The molecule has 2 atom stereocenters. The van der Waals surface area contributed by atoms with Crippen molar-refractivity contribution < 1.29 is 8.42 Å². The molecule has 0 saturated heterocycles. The number of rotatable bonds is 3. The van der Waals surface area contributed by atoms with Crippen LogP contribution in [0.4, 0.5) is 0 Å². The first kappa shape index (κ1) is 13.3. The fraction of sp³-hybridized carbons (Fsp3) is 0.267. The fourth-order valence-electron chi connectivity index (χ4n) is 2.61. The number of fused-ring (bicyclic) bond motifs is 1. The summed E-state index contributed by atoms with van der Waals surface area (Å²) in [7, 11) is -3.17. The van der Waals surface area contributed by atoms with Crippen LogP contribution >= 0.6 is 0 Å². The van der Waals surface area contributed by atoms with Gasteiger partial charge in [-0.2, -0.15) is 0 Å². The summed E-state index contributed by atoms with van der Waals surface area (Å²) < 4.78 is 24.3. The van der Waals surface area contributed by atoms with Crippen LogP contribution in [-0.2, 0) is 9.84 Å². The third-order valence-corrected chi connectivity index (χ3v) is 5.41. The van der Waals surface area contributed by atoms with Gasteiger partial charge in [0.1, 0.15) is 0 Å². The number of benzene rings is 1. The Kier molecular flexibility index (Phi) is 3.31. The summed E-state index contributed by atoms with van der Waals surface area (Å²) in [4.78, 5) is 4.75. The third kappa shape index (κ3) is 2.34. The number of nitrogens with zero attached hydrogens (tertiary/aromatic N) is 1. The first-order valence-corrected chi connectivity index (χ1v) is 8.22. The Balaban J connectivity index is 1.87. The van der Waals surface area contributed by atoms with Crippen molar-refractivity contribution >= 4 is 9.84 Å². The van der Waals surface area contributed by atoms with Crippen LogP contribution in [-0.4, -0.2) is 19.2 Å². The molecular formula is C15H16N2O2S. The lowest BCUT2D eigenvalue weighted by atomic mass is 10.1. The van der Waals surface area contributed by atoms with Gasteiger partial charge in [-0.3, -0.25) is 4.98 Å². The molecule has 2 heterocycles. The molecule has 0 amide bonds. The van der Waals surface area contributed by atoms with E-state index in [1.54, 1.807) is 18.3 Å². The van der Waals surface area contributed by atoms with E-state index in [0.717, 1.165) is 11.3 Å². The second kappa shape index (κ2) is 5.00. The Hall–Kier alpha value is -1.72. The van der Waals surface area contributed by atoms with Crippen molar-refractivity contribution in [2.45, 2.75) is 23.9 Å². The number of sulfone groups is 1. The maximum atomic E-state index is 12.1. The average molecular weight is 288 g/mol. The van der Waals surface area contributed by atoms with Gasteiger partial charge in [0.05, 0.1) is 16.3 Å². The second-order valence-corrected chi connectivity index (χ2v) is 7.02. The maximum absolute atomic E-state index is 12.1. The van der Waals surface area contributed by atoms with Gasteiger partial charge in [0.2, 0.25) is 0 Å². The van der Waals surface area contributed by atoms with E-state index in [0.29, 0.717) is 4.90 Å². The van der Waals surface area contributed by atoms with Crippen molar-refractivity contribution in [3.8, 4) is 0 Å². The fourth-order valence-corrected chi connectivity index (χ4v) is 4.36. The first-order chi connectivity index (χ1) is 9.58. The molecule has 104 valence electrons. The number of hydrogen-bond acceptors (Lipinski definition) is 4. The van der Waals surface area contributed by atoms with Crippen LogP contribution in [0.25, 0.3) is 0 Å². The SMILES string of the molecule is CC(NC1CS(=O)(=O)c2ccccc21)c1ccccn1. The van der Waals surface area contributed by atoms with E-state index in [4.69, 9.17) is 0 Å². The Labute approximate surface area is 118 Å². The first-order valence-electron chi connectivity index (χ1n) is 6.56. The second-order valence-electron chi connectivity index (χ2n) is 5.01. The van der Waals surface area contributed by atoms with Crippen LogP contribution in [0, 0.1) is 0 Å². The molecule has 4 nitrogen and oxygen atoms in total. The Bertz CT molecular complexity index is 714. The molecule has 1 aromatic carbocycles. The average Bonchev–Trinajstić information content (AvgIpc) is 2.72. The molecule has 0 saturated carbocycles. The molecule has 1 N–H and O–H groups in total. The van der Waals surface area contributed by atoms with Gasteiger partial charge in [-0.15, -0.1) is 0 Å². The molecule has 0 fully saturated rings. The number of hydrogen-bond donors (Lipinski definition) is 1. The standard InChI is InChI=1S/C15H16N2O2S/c1-11(13-7-4-5-9-16-13)17-14-10-20(18,19)15-8-3-2-6-12(14)15/h2-9,11,14,17H,10H2,1H3. The van der Waals surface area contributed by atoms with Gasteiger partial charge in [0.25, 0.3) is 0 Å². The minimum atomic E-state index is -3.17. The van der Waals surface area contributed by atoms with Gasteiger partial charge in [0, 0.05) is 18.3 Å². The van der Waals surface area contributed by atoms with Crippen LogP contribution < -0.4 is 5.32 Å². The quantitative estimate of drug-likeness (QED) is 0.941. The molecular weight excluding hydrogens is 272 g/mol. The van der Waals surface area contributed by atoms with Crippen molar-refractivity contribution in [3.05, 3.63) is 59.9 Å². The van der Waals surface area contributed by atoms with E-state index < -0.39 is 9.84 Å². The van der Waals surface area contributed by atoms with Crippen LogP contribution in [0.5, 0.6) is 0 Å². The minimum Gasteiger partial charge on any atom is -0.301 e. The zero-order valence-corrected chi connectivity index (χ0v) is 12.0. The molecule has 2 aromatic rings. The Morgan fingerprint density at radius 1 is 1.20 bits per heavy atom. The third-order valence-electron chi connectivity index (χ3n) is 3.60. The van der Waals surface area contributed by atoms with Gasteiger partial charge in [-0.05, 0) is 30.7 Å². The largest absolute Gasteiger partial charge is 0.301 e. The van der Waals surface area contributed by atoms with Gasteiger partial charge < -0.3 is 5.32 Å². The topological polar surface area (TPSA) is 59.1 Å². The summed E-state index contributed by atoms with van der Waals surface area (Å²) in [6.45, 7) is 2.00. The summed E-state index contributed by atoms with van der Waals surface area (Å²) in [5, 5.41) is 3.37. The summed E-state index contributed by atoms with van der Waals surface area (Å²) in [5.74, 6) is 0.115. The van der Waals surface area contributed by atoms with Crippen LogP contribution in [0.15, 0.2) is 53.6 Å². The number of nitrogens with one attached hydrogen (secondary N) is 1. The highest BCUT2D eigenvalue weighted by Crippen LogP contribution is 2.34. The molecule has 0 aliphatic carbocycles. The predicted molar refractivity (Wildman–Crippen MR) is 77.0 cm³/mol. The minimum absolute atomic E-state index is 0.00237. The molecule has 1 aliphatic heterocycles. The summed E-state index contributed by atoms with van der Waals surface area (Å²) in [6.07, 6.45) is 1.74. The highest BCUT2D eigenvalue weighted by Gasteiger charge is 2.34. The zero-order valence-electron chi connectivity index (χ0n) is 11.2. The molecule has 5 heteroatoms. The molecule has 0 bridgehead atoms. The summed E-state index contributed by atoms with van der Waals surface area (Å²) in [6, 6.07) is 12.8. The predicted octanol–water partition coefficient (Wildman–Crippen LogP) is 2.26. The highest BCUT2D eigenvalue weighted by atomic mass is 32.2. The lowest BCUT2D eigenvalue weighted by Gasteiger charge is -2.19. The lowest BCUT2D eigenvalue weighted by molar-refractivity contribution is 0.489. The van der Waals surface area contributed by atoms with Gasteiger partial charge in [0.15, 0.2) is 9.84 Å². The highest BCUT2D eigenvalue weighted by molar-refractivity contribution is 7.91. The molecule has 2 unspecified atom stereocenters. The van der Waals surface area contributed by atoms with Crippen molar-refractivity contribution in [1.29, 1.82) is 0 Å². The van der Waals surface area contributed by atoms with Gasteiger partial charge in [-0.1, -0.05) is 24.3 Å². The van der Waals surface area contributed by atoms with Crippen molar-refractivity contribution in [2.75, 3.05) is 5.75 Å². The van der Waals surface area contributed by atoms with E-state index in [2.05, 4.69) is 10.3 Å². The normalized spacial score (nSPS) is 21.4. The van der Waals surface area contributed by atoms with Crippen LogP contribution in [0.3, 0.4) is 0 Å². The van der Waals surface area contributed by atoms with E-state index >= 15 is 0 Å². The zero-order chi connectivity index (χ0) is 14.2. The smallest absolute Gasteiger partial charge is 0.180 e. The van der Waals surface area contributed by atoms with Crippen molar-refractivity contribution in [3.63, 3.8) is 0 Å². The Morgan fingerprint density at radius 2 is 1.95 bits per heavy atom. The maximum Gasteiger partial charge on any atom is 0.180 e. The molecule has 20 heavy (non-hydrogen) atoms. The summed E-state index contributed by atoms with van der Waals surface area (Å²) >= 11 is 0. The van der Waals surface area contributed by atoms with E-state index in [9.17, 15) is 8.42 Å². The van der Waals surface area contributed by atoms with Gasteiger partial charge in [-0.25, -0.2) is 8.42 Å². The lowest BCUT2D eigenvalue weighted by Crippen LogP contribution is -2.26. The molecule has 1 aliphatic rings. The van der Waals surface area contributed by atoms with E-state index in [1.807, 2.05) is 37.3 Å². The van der Waals surface area contributed by atoms with Gasteiger partial charge >= 0.3 is 0 Å². The molecule has 3 rings (SSSR count).